The van der Waals surface area contributed by atoms with E-state index < -0.39 is 17.6 Å². The number of halogens is 3. The van der Waals surface area contributed by atoms with E-state index in [9.17, 15) is 13.2 Å². The number of hydrogen-bond donors (Lipinski definition) is 1. The Morgan fingerprint density at radius 2 is 2.00 bits per heavy atom. The number of hydrogen-bond acceptors (Lipinski definition) is 5. The largest absolute Gasteiger partial charge is 0.371 e. The third-order valence-electron chi connectivity index (χ3n) is 5.65. The highest BCUT2D eigenvalue weighted by Crippen LogP contribution is 2.36. The van der Waals surface area contributed by atoms with Crippen molar-refractivity contribution in [2.24, 2.45) is 11.8 Å². The van der Waals surface area contributed by atoms with E-state index in [1.165, 1.54) is 24.3 Å². The molecule has 4 rings (SSSR count). The number of pyridine rings is 1. The summed E-state index contributed by atoms with van der Waals surface area (Å²) < 4.78 is 45.5. The molecule has 4 nitrogen and oxygen atoms in total. The van der Waals surface area contributed by atoms with Gasteiger partial charge in [-0.25, -0.2) is 13.8 Å². The highest BCUT2D eigenvalue weighted by Gasteiger charge is 2.31. The molecule has 8 heteroatoms. The maximum absolute atomic E-state index is 14.9. The summed E-state index contributed by atoms with van der Waals surface area (Å²) in [5, 5.41) is 0. The molecule has 2 aromatic rings. The lowest BCUT2D eigenvalue weighted by molar-refractivity contribution is 0.0960. The van der Waals surface area contributed by atoms with Crippen LogP contribution >= 0.6 is 11.9 Å². The number of benzene rings is 1. The Morgan fingerprint density at radius 3 is 2.72 bits per heavy atom. The Morgan fingerprint density at radius 1 is 1.21 bits per heavy atom. The fourth-order valence-electron chi connectivity index (χ4n) is 4.21. The summed E-state index contributed by atoms with van der Waals surface area (Å²) in [5.41, 5.74) is 1.05. The first-order valence-corrected chi connectivity index (χ1v) is 10.7. The van der Waals surface area contributed by atoms with Crippen LogP contribution in [0.3, 0.4) is 0 Å². The van der Waals surface area contributed by atoms with E-state index in [4.69, 9.17) is 0 Å². The second kappa shape index (κ2) is 8.44. The molecule has 1 aromatic carbocycles. The molecule has 0 spiro atoms. The van der Waals surface area contributed by atoms with Gasteiger partial charge in [-0.15, -0.1) is 0 Å². The number of nitrogens with one attached hydrogen (secondary N) is 1. The highest BCUT2D eigenvalue weighted by molar-refractivity contribution is 8.00. The third kappa shape index (κ3) is 4.48. The van der Waals surface area contributed by atoms with E-state index >= 15 is 0 Å². The van der Waals surface area contributed by atoms with E-state index in [-0.39, 0.29) is 10.7 Å². The van der Waals surface area contributed by atoms with Crippen molar-refractivity contribution in [3.63, 3.8) is 0 Å². The van der Waals surface area contributed by atoms with Crippen LogP contribution in [-0.4, -0.2) is 42.6 Å². The minimum Gasteiger partial charge on any atom is -0.371 e. The molecular weight excluding hydrogens is 397 g/mol. The van der Waals surface area contributed by atoms with Crippen LogP contribution in [0.5, 0.6) is 0 Å². The zero-order chi connectivity index (χ0) is 20.5. The van der Waals surface area contributed by atoms with Crippen LogP contribution in [0.25, 0.3) is 0 Å². The molecule has 3 heterocycles. The number of aromatic nitrogens is 1. The quantitative estimate of drug-likeness (QED) is 0.539. The minimum absolute atomic E-state index is 0.136. The lowest BCUT2D eigenvalue weighted by atomic mass is 9.99. The summed E-state index contributed by atoms with van der Waals surface area (Å²) in [5.74, 6) is -0.356. The van der Waals surface area contributed by atoms with Crippen molar-refractivity contribution in [3.05, 3.63) is 47.4 Å². The molecule has 2 aliphatic rings. The van der Waals surface area contributed by atoms with Gasteiger partial charge in [-0.1, -0.05) is 13.0 Å². The van der Waals surface area contributed by atoms with Crippen molar-refractivity contribution in [2.75, 3.05) is 42.3 Å². The smallest absolute Gasteiger partial charge is 0.214 e. The molecule has 1 aromatic heterocycles. The molecule has 0 aliphatic carbocycles. The van der Waals surface area contributed by atoms with Gasteiger partial charge >= 0.3 is 0 Å². The van der Waals surface area contributed by atoms with Crippen LogP contribution in [0.4, 0.5) is 24.7 Å². The SMILES string of the molecule is Cc1c(N2CC[C@@H](CN3CC(C)C3)C2)cc(F)c(SNc2cccc(F)n2)c1F. The number of anilines is 2. The normalized spacial score (nSPS) is 20.2. The van der Waals surface area contributed by atoms with Gasteiger partial charge in [-0.2, -0.15) is 4.39 Å². The van der Waals surface area contributed by atoms with E-state index in [1.807, 2.05) is 0 Å². The standard InChI is InChI=1S/C21H25F3N4S/c1-13-9-27(10-13)11-15-6-7-28(12-15)17-8-16(22)21(20(24)14(17)2)29-26-19-5-3-4-18(23)25-19/h3-5,8,13,15H,6-7,9-12H2,1-2H3,(H,25,26)/t15-/m0/s1. The lowest BCUT2D eigenvalue weighted by Crippen LogP contribution is -2.47. The molecule has 2 saturated heterocycles. The summed E-state index contributed by atoms with van der Waals surface area (Å²) >= 11 is 0.766. The minimum atomic E-state index is -0.653. The topological polar surface area (TPSA) is 31.4 Å². The van der Waals surface area contributed by atoms with Crippen molar-refractivity contribution in [1.82, 2.24) is 9.88 Å². The summed E-state index contributed by atoms with van der Waals surface area (Å²) in [6, 6.07) is 5.64. The van der Waals surface area contributed by atoms with Gasteiger partial charge in [-0.05, 0) is 55.3 Å². The summed E-state index contributed by atoms with van der Waals surface area (Å²) in [6.07, 6.45) is 1.04. The fraction of sp³-hybridized carbons (Fsp3) is 0.476. The van der Waals surface area contributed by atoms with Crippen molar-refractivity contribution < 1.29 is 13.2 Å². The van der Waals surface area contributed by atoms with Crippen molar-refractivity contribution in [3.8, 4) is 0 Å². The van der Waals surface area contributed by atoms with Crippen molar-refractivity contribution in [2.45, 2.75) is 25.2 Å². The van der Waals surface area contributed by atoms with Crippen molar-refractivity contribution in [1.29, 1.82) is 0 Å². The maximum Gasteiger partial charge on any atom is 0.214 e. The summed E-state index contributed by atoms with van der Waals surface area (Å²) in [7, 11) is 0. The van der Waals surface area contributed by atoms with Crippen LogP contribution in [0.15, 0.2) is 29.2 Å². The molecule has 1 atom stereocenters. The zero-order valence-corrected chi connectivity index (χ0v) is 17.4. The van der Waals surface area contributed by atoms with Gasteiger partial charge in [-0.3, -0.25) is 0 Å². The van der Waals surface area contributed by atoms with Crippen LogP contribution in [0.2, 0.25) is 0 Å². The Balaban J connectivity index is 1.44. The average molecular weight is 423 g/mol. The maximum atomic E-state index is 14.9. The highest BCUT2D eigenvalue weighted by atomic mass is 32.2. The van der Waals surface area contributed by atoms with Gasteiger partial charge in [0.2, 0.25) is 5.95 Å². The third-order valence-corrected chi connectivity index (χ3v) is 6.54. The average Bonchev–Trinajstić information content (AvgIpc) is 3.12. The first-order valence-electron chi connectivity index (χ1n) is 9.92. The predicted octanol–water partition coefficient (Wildman–Crippen LogP) is 4.70. The van der Waals surface area contributed by atoms with E-state index in [2.05, 4.69) is 26.4 Å². The van der Waals surface area contributed by atoms with E-state index in [0.29, 0.717) is 17.2 Å². The first-order chi connectivity index (χ1) is 13.9. The Kier molecular flexibility index (Phi) is 5.92. The van der Waals surface area contributed by atoms with Crippen LogP contribution < -0.4 is 9.62 Å². The molecule has 0 saturated carbocycles. The number of rotatable bonds is 6. The monoisotopic (exact) mass is 422 g/mol. The molecule has 1 N–H and O–H groups in total. The predicted molar refractivity (Wildman–Crippen MR) is 111 cm³/mol. The van der Waals surface area contributed by atoms with Gasteiger partial charge in [0.15, 0.2) is 0 Å². The number of nitrogens with zero attached hydrogens (tertiary/aromatic N) is 3. The molecule has 29 heavy (non-hydrogen) atoms. The second-order valence-corrected chi connectivity index (χ2v) is 8.94. The summed E-state index contributed by atoms with van der Waals surface area (Å²) in [4.78, 5) is 8.05. The molecule has 0 bridgehead atoms. The van der Waals surface area contributed by atoms with E-state index in [1.54, 1.807) is 6.92 Å². The van der Waals surface area contributed by atoms with Crippen LogP contribution in [-0.2, 0) is 0 Å². The molecular formula is C21H25F3N4S. The Labute approximate surface area is 173 Å². The van der Waals surface area contributed by atoms with Crippen LogP contribution in [0.1, 0.15) is 18.9 Å². The van der Waals surface area contributed by atoms with Crippen LogP contribution in [0, 0.1) is 36.3 Å². The van der Waals surface area contributed by atoms with Gasteiger partial charge in [0.1, 0.15) is 22.3 Å². The number of likely N-dealkylation sites (tertiary alicyclic amines) is 1. The molecule has 0 radical (unpaired) electrons. The van der Waals surface area contributed by atoms with Crippen molar-refractivity contribution >= 4 is 23.5 Å². The Bertz CT molecular complexity index is 888. The molecule has 0 unspecified atom stereocenters. The zero-order valence-electron chi connectivity index (χ0n) is 16.6. The molecule has 0 amide bonds. The van der Waals surface area contributed by atoms with Gasteiger partial charge in [0.25, 0.3) is 0 Å². The molecule has 2 fully saturated rings. The van der Waals surface area contributed by atoms with Gasteiger partial charge < -0.3 is 14.5 Å². The summed E-state index contributed by atoms with van der Waals surface area (Å²) in [6.45, 7) is 8.93. The Hall–Kier alpha value is -1.93. The van der Waals surface area contributed by atoms with E-state index in [0.717, 1.165) is 57.0 Å². The fourth-order valence-corrected chi connectivity index (χ4v) is 4.93. The van der Waals surface area contributed by atoms with Gasteiger partial charge in [0.05, 0.1) is 0 Å². The second-order valence-electron chi connectivity index (χ2n) is 8.12. The molecule has 2 aliphatic heterocycles. The lowest BCUT2D eigenvalue weighted by Gasteiger charge is -2.38. The first kappa shape index (κ1) is 20.3. The van der Waals surface area contributed by atoms with Gasteiger partial charge in [0, 0.05) is 44.0 Å². The molecule has 156 valence electrons.